The third-order valence-electron chi connectivity index (χ3n) is 11.1. The SMILES string of the molecule is CCCCC/C=C/C/C=C/CCCCCCCC(=O)OC[C@H](CO[C@@H]1O[C@H](CO)[C@H](O)C(O)C1O)OC(=O)CCCCCCCCCCCCCCCCCCCC. The van der Waals surface area contributed by atoms with E-state index in [1.165, 1.54) is 116 Å². The van der Waals surface area contributed by atoms with E-state index in [1.807, 2.05) is 0 Å². The van der Waals surface area contributed by atoms with Gasteiger partial charge in [-0.25, -0.2) is 0 Å². The van der Waals surface area contributed by atoms with Gasteiger partial charge in [0.1, 0.15) is 31.0 Å². The molecule has 0 saturated carbocycles. The van der Waals surface area contributed by atoms with E-state index >= 15 is 0 Å². The van der Waals surface area contributed by atoms with Gasteiger partial charge in [0.2, 0.25) is 0 Å². The fraction of sp³-hybridized carbons (Fsp3) is 0.875. The molecule has 0 radical (unpaired) electrons. The Hall–Kier alpha value is -1.82. The van der Waals surface area contributed by atoms with Gasteiger partial charge in [0.05, 0.1) is 13.2 Å². The lowest BCUT2D eigenvalue weighted by Crippen LogP contribution is -2.59. The largest absolute Gasteiger partial charge is 0.462 e. The maximum absolute atomic E-state index is 12.8. The third kappa shape index (κ3) is 30.2. The second-order valence-corrected chi connectivity index (χ2v) is 16.6. The molecule has 1 rings (SSSR count). The Morgan fingerprint density at radius 1 is 0.534 bits per heavy atom. The van der Waals surface area contributed by atoms with Crippen LogP contribution in [0.1, 0.15) is 213 Å². The molecule has 1 aliphatic heterocycles. The molecule has 0 spiro atoms. The first-order valence-corrected chi connectivity index (χ1v) is 23.9. The third-order valence-corrected chi connectivity index (χ3v) is 11.1. The Morgan fingerprint density at radius 2 is 0.966 bits per heavy atom. The number of esters is 2. The van der Waals surface area contributed by atoms with Crippen LogP contribution in [-0.4, -0.2) is 89.0 Å². The number of unbranched alkanes of at least 4 members (excludes halogenated alkanes) is 25. The minimum atomic E-state index is -1.59. The Balaban J connectivity index is 2.30. The van der Waals surface area contributed by atoms with Crippen LogP contribution in [0.4, 0.5) is 0 Å². The lowest BCUT2D eigenvalue weighted by Gasteiger charge is -2.39. The first-order chi connectivity index (χ1) is 28.3. The van der Waals surface area contributed by atoms with Crippen LogP contribution in [0.15, 0.2) is 24.3 Å². The Labute approximate surface area is 353 Å². The number of aliphatic hydroxyl groups is 4. The molecule has 0 aromatic carbocycles. The molecule has 1 saturated heterocycles. The molecule has 10 nitrogen and oxygen atoms in total. The molecule has 6 atom stereocenters. The van der Waals surface area contributed by atoms with E-state index in [4.69, 9.17) is 18.9 Å². The van der Waals surface area contributed by atoms with Crippen LogP contribution >= 0.6 is 0 Å². The van der Waals surface area contributed by atoms with Gasteiger partial charge in [0.25, 0.3) is 0 Å². The van der Waals surface area contributed by atoms with E-state index < -0.39 is 49.4 Å². The standard InChI is InChI=1S/C48H88O10/c1-3-5-7-9-11-13-15-17-19-20-21-23-25-27-29-31-33-35-37-44(51)57-41(40-56-48-47(54)46(53)45(52)42(38-49)58-48)39-55-43(50)36-34-32-30-28-26-24-22-18-16-14-12-10-8-6-4-2/h12,14,18,22,41-42,45-49,52-54H,3-11,13,15-17,19-21,23-40H2,1-2H3/b14-12+,22-18+/t41-,42-,45+,46?,47?,48-/m1/s1. The van der Waals surface area contributed by atoms with E-state index in [9.17, 15) is 30.0 Å². The van der Waals surface area contributed by atoms with Crippen molar-refractivity contribution < 1.29 is 49.0 Å². The molecule has 4 N–H and O–H groups in total. The molecule has 340 valence electrons. The van der Waals surface area contributed by atoms with Crippen molar-refractivity contribution >= 4 is 11.9 Å². The summed E-state index contributed by atoms with van der Waals surface area (Å²) in [6, 6.07) is 0. The second kappa shape index (κ2) is 39.3. The summed E-state index contributed by atoms with van der Waals surface area (Å²) in [5, 5.41) is 40.1. The highest BCUT2D eigenvalue weighted by Gasteiger charge is 2.44. The van der Waals surface area contributed by atoms with Crippen molar-refractivity contribution in [1.29, 1.82) is 0 Å². The molecule has 10 heteroatoms. The van der Waals surface area contributed by atoms with Crippen molar-refractivity contribution in [3.63, 3.8) is 0 Å². The van der Waals surface area contributed by atoms with Gasteiger partial charge in [-0.1, -0.05) is 179 Å². The zero-order chi connectivity index (χ0) is 42.3. The maximum atomic E-state index is 12.8. The minimum Gasteiger partial charge on any atom is -0.462 e. The number of rotatable bonds is 40. The zero-order valence-electron chi connectivity index (χ0n) is 37.1. The number of carbonyl (C=O) groups excluding carboxylic acids is 2. The summed E-state index contributed by atoms with van der Waals surface area (Å²) < 4.78 is 22.2. The van der Waals surface area contributed by atoms with Crippen molar-refractivity contribution in [2.24, 2.45) is 0 Å². The van der Waals surface area contributed by atoms with Crippen LogP contribution in [0.5, 0.6) is 0 Å². The molecule has 58 heavy (non-hydrogen) atoms. The van der Waals surface area contributed by atoms with Gasteiger partial charge in [0, 0.05) is 12.8 Å². The average Bonchev–Trinajstić information content (AvgIpc) is 3.22. The Kier molecular flexibility index (Phi) is 36.7. The van der Waals surface area contributed by atoms with Gasteiger partial charge in [-0.05, 0) is 44.9 Å². The smallest absolute Gasteiger partial charge is 0.306 e. The summed E-state index contributed by atoms with van der Waals surface area (Å²) in [7, 11) is 0. The van der Waals surface area contributed by atoms with Crippen LogP contribution in [-0.2, 0) is 28.5 Å². The van der Waals surface area contributed by atoms with Gasteiger partial charge in [-0.2, -0.15) is 0 Å². The van der Waals surface area contributed by atoms with E-state index in [-0.39, 0.29) is 32.0 Å². The van der Waals surface area contributed by atoms with Crippen molar-refractivity contribution in [3.05, 3.63) is 24.3 Å². The molecule has 0 aliphatic carbocycles. The Morgan fingerprint density at radius 3 is 1.47 bits per heavy atom. The van der Waals surface area contributed by atoms with Crippen LogP contribution < -0.4 is 0 Å². The minimum absolute atomic E-state index is 0.221. The van der Waals surface area contributed by atoms with E-state index in [0.717, 1.165) is 57.8 Å². The lowest BCUT2D eigenvalue weighted by atomic mass is 9.99. The van der Waals surface area contributed by atoms with Gasteiger partial charge in [-0.3, -0.25) is 9.59 Å². The molecule has 1 fully saturated rings. The molecule has 0 aromatic heterocycles. The molecule has 0 bridgehead atoms. The number of aliphatic hydroxyl groups excluding tert-OH is 4. The van der Waals surface area contributed by atoms with Crippen molar-refractivity contribution in [2.75, 3.05) is 19.8 Å². The second-order valence-electron chi connectivity index (χ2n) is 16.6. The molecule has 0 aromatic rings. The van der Waals surface area contributed by atoms with Crippen LogP contribution in [0.2, 0.25) is 0 Å². The number of carbonyl (C=O) groups is 2. The lowest BCUT2D eigenvalue weighted by molar-refractivity contribution is -0.305. The quantitative estimate of drug-likeness (QED) is 0.0267. The first-order valence-electron chi connectivity index (χ1n) is 23.9. The van der Waals surface area contributed by atoms with Crippen LogP contribution in [0.3, 0.4) is 0 Å². The molecular weight excluding hydrogens is 737 g/mol. The fourth-order valence-corrected chi connectivity index (χ4v) is 7.28. The summed E-state index contributed by atoms with van der Waals surface area (Å²) in [6.07, 6.45) is 36.1. The average molecular weight is 825 g/mol. The number of ether oxygens (including phenoxy) is 4. The zero-order valence-corrected chi connectivity index (χ0v) is 37.1. The molecule has 1 aliphatic rings. The van der Waals surface area contributed by atoms with Crippen LogP contribution in [0, 0.1) is 0 Å². The number of allylic oxidation sites excluding steroid dienone is 4. The topological polar surface area (TPSA) is 152 Å². The summed E-state index contributed by atoms with van der Waals surface area (Å²) in [5.41, 5.74) is 0. The highest BCUT2D eigenvalue weighted by molar-refractivity contribution is 5.70. The summed E-state index contributed by atoms with van der Waals surface area (Å²) in [6.45, 7) is 3.41. The van der Waals surface area contributed by atoms with Gasteiger partial charge in [-0.15, -0.1) is 0 Å². The molecule has 1 heterocycles. The predicted octanol–water partition coefficient (Wildman–Crippen LogP) is 10.5. The first kappa shape index (κ1) is 54.2. The number of hydrogen-bond acceptors (Lipinski definition) is 10. The fourth-order valence-electron chi connectivity index (χ4n) is 7.28. The van der Waals surface area contributed by atoms with Gasteiger partial charge in [0.15, 0.2) is 12.4 Å². The predicted molar refractivity (Wildman–Crippen MR) is 233 cm³/mol. The molecule has 0 amide bonds. The van der Waals surface area contributed by atoms with E-state index in [2.05, 4.69) is 38.2 Å². The van der Waals surface area contributed by atoms with Gasteiger partial charge < -0.3 is 39.4 Å². The normalized spacial score (nSPS) is 20.3. The summed E-state index contributed by atoms with van der Waals surface area (Å²) in [4.78, 5) is 25.4. The van der Waals surface area contributed by atoms with Crippen LogP contribution in [0.25, 0.3) is 0 Å². The molecule has 2 unspecified atom stereocenters. The van der Waals surface area contributed by atoms with Crippen molar-refractivity contribution in [3.8, 4) is 0 Å². The van der Waals surface area contributed by atoms with E-state index in [0.29, 0.717) is 12.8 Å². The summed E-state index contributed by atoms with van der Waals surface area (Å²) >= 11 is 0. The van der Waals surface area contributed by atoms with Crippen molar-refractivity contribution in [2.45, 2.75) is 250 Å². The highest BCUT2D eigenvalue weighted by Crippen LogP contribution is 2.23. The monoisotopic (exact) mass is 825 g/mol. The maximum Gasteiger partial charge on any atom is 0.306 e. The van der Waals surface area contributed by atoms with Gasteiger partial charge >= 0.3 is 11.9 Å². The number of hydrogen-bond donors (Lipinski definition) is 4. The highest BCUT2D eigenvalue weighted by atomic mass is 16.7. The van der Waals surface area contributed by atoms with Crippen molar-refractivity contribution in [1.82, 2.24) is 0 Å². The molecular formula is C48H88O10. The van der Waals surface area contributed by atoms with E-state index in [1.54, 1.807) is 0 Å². The summed E-state index contributed by atoms with van der Waals surface area (Å²) in [5.74, 6) is -0.813. The Bertz CT molecular complexity index is 1000.